The number of benzene rings is 6. The minimum absolute atomic E-state index is 0.568. The van der Waals surface area contributed by atoms with Crippen molar-refractivity contribution in [3.63, 3.8) is 0 Å². The summed E-state index contributed by atoms with van der Waals surface area (Å²) in [5.41, 5.74) is 10.6. The van der Waals surface area contributed by atoms with Gasteiger partial charge in [-0.3, -0.25) is 4.57 Å². The van der Waals surface area contributed by atoms with Gasteiger partial charge in [-0.1, -0.05) is 134 Å². The highest BCUT2D eigenvalue weighted by molar-refractivity contribution is 6.12. The van der Waals surface area contributed by atoms with Crippen molar-refractivity contribution in [3.8, 4) is 45.4 Å². The van der Waals surface area contributed by atoms with E-state index in [4.69, 9.17) is 19.9 Å². The molecule has 0 bridgehead atoms. The number of hydrogen-bond donors (Lipinski definition) is 0. The Labute approximate surface area is 330 Å². The first kappa shape index (κ1) is 33.8. The van der Waals surface area contributed by atoms with E-state index in [1.54, 1.807) is 6.08 Å². The van der Waals surface area contributed by atoms with Crippen LogP contribution in [0.2, 0.25) is 0 Å². The summed E-state index contributed by atoms with van der Waals surface area (Å²) >= 11 is 0. The average molecular weight is 733 g/mol. The Balaban J connectivity index is 1.13. The van der Waals surface area contributed by atoms with E-state index >= 15 is 0 Å². The summed E-state index contributed by atoms with van der Waals surface area (Å²) in [6.45, 7) is 5.83. The van der Waals surface area contributed by atoms with Gasteiger partial charge in [0, 0.05) is 50.1 Å². The van der Waals surface area contributed by atoms with Crippen molar-refractivity contribution in [2.24, 2.45) is 0 Å². The van der Waals surface area contributed by atoms with Gasteiger partial charge in [-0.05, 0) is 72.6 Å². The van der Waals surface area contributed by atoms with Gasteiger partial charge in [-0.25, -0.2) is 19.9 Å². The van der Waals surface area contributed by atoms with Crippen LogP contribution in [-0.4, -0.2) is 29.1 Å². The SMILES string of the molecule is C=C/C=C\C(=C/C)c1nc(-c2ccccc2)nc(-c2ccnc(-n3c4ccccc4c4ccc(-c5ccc6c(c5)c5ccccc5n6-c5ccccc5)cc43)c2)n1. The molecule has 0 radical (unpaired) electrons. The van der Waals surface area contributed by atoms with Gasteiger partial charge >= 0.3 is 0 Å². The van der Waals surface area contributed by atoms with E-state index in [1.807, 2.05) is 67.7 Å². The first-order chi connectivity index (χ1) is 28.2. The van der Waals surface area contributed by atoms with Gasteiger partial charge in [-0.15, -0.1) is 0 Å². The van der Waals surface area contributed by atoms with Crippen molar-refractivity contribution in [2.75, 3.05) is 0 Å². The van der Waals surface area contributed by atoms with E-state index in [0.717, 1.165) is 61.1 Å². The lowest BCUT2D eigenvalue weighted by molar-refractivity contribution is 1.03. The normalized spacial score (nSPS) is 12.1. The largest absolute Gasteiger partial charge is 0.309 e. The molecule has 4 heterocycles. The van der Waals surface area contributed by atoms with E-state index in [9.17, 15) is 0 Å². The standard InChI is InChI=1S/C51H36N6/c1-3-5-16-34(4-2)49-53-50(35-17-8-6-9-18-35)55-51(54-49)38-29-30-52-48(33-38)57-45-24-15-12-21-40(45)42-27-25-37(32-47(42)57)36-26-28-46-43(31-36)41-22-13-14-23-44(41)56(46)39-19-10-7-11-20-39/h3-33H,1H2,2H3/b16-5-,34-4+. The summed E-state index contributed by atoms with van der Waals surface area (Å²) in [4.78, 5) is 19.9. The van der Waals surface area contributed by atoms with Gasteiger partial charge in [0.1, 0.15) is 5.82 Å². The van der Waals surface area contributed by atoms with Crippen LogP contribution >= 0.6 is 0 Å². The zero-order valence-electron chi connectivity index (χ0n) is 31.3. The quantitative estimate of drug-likeness (QED) is 0.146. The lowest BCUT2D eigenvalue weighted by atomic mass is 10.0. The third kappa shape index (κ3) is 5.92. The van der Waals surface area contributed by atoms with Crippen LogP contribution in [-0.2, 0) is 0 Å². The lowest BCUT2D eigenvalue weighted by Gasteiger charge is -2.11. The second kappa shape index (κ2) is 14.2. The second-order valence-electron chi connectivity index (χ2n) is 13.9. The molecule has 0 spiro atoms. The Hall–Kier alpha value is -7.70. The smallest absolute Gasteiger partial charge is 0.164 e. The molecule has 0 N–H and O–H groups in total. The minimum atomic E-state index is 0.568. The first-order valence-corrected chi connectivity index (χ1v) is 19.0. The first-order valence-electron chi connectivity index (χ1n) is 19.0. The summed E-state index contributed by atoms with van der Waals surface area (Å²) in [6, 6.07) is 55.4. The van der Waals surface area contributed by atoms with E-state index in [-0.39, 0.29) is 0 Å². The van der Waals surface area contributed by atoms with Crippen LogP contribution in [0.15, 0.2) is 195 Å². The fourth-order valence-corrected chi connectivity index (χ4v) is 7.91. The van der Waals surface area contributed by atoms with E-state index in [1.165, 1.54) is 21.8 Å². The van der Waals surface area contributed by atoms with Gasteiger partial charge in [0.05, 0.1) is 22.1 Å². The molecular formula is C51H36N6. The van der Waals surface area contributed by atoms with E-state index in [2.05, 4.69) is 137 Å². The minimum Gasteiger partial charge on any atom is -0.309 e. The molecule has 57 heavy (non-hydrogen) atoms. The number of nitrogens with zero attached hydrogens (tertiary/aromatic N) is 6. The third-order valence-electron chi connectivity index (χ3n) is 10.6. The Morgan fingerprint density at radius 2 is 1.12 bits per heavy atom. The van der Waals surface area contributed by atoms with Gasteiger partial charge in [0.2, 0.25) is 0 Å². The highest BCUT2D eigenvalue weighted by atomic mass is 15.1. The van der Waals surface area contributed by atoms with Crippen molar-refractivity contribution in [1.29, 1.82) is 0 Å². The van der Waals surface area contributed by atoms with Gasteiger partial charge in [0.25, 0.3) is 0 Å². The summed E-state index contributed by atoms with van der Waals surface area (Å²) in [5.74, 6) is 2.53. The fraction of sp³-hybridized carbons (Fsp3) is 0.0196. The van der Waals surface area contributed by atoms with Crippen molar-refractivity contribution in [2.45, 2.75) is 6.92 Å². The molecule has 10 aromatic rings. The van der Waals surface area contributed by atoms with Crippen LogP contribution in [0.25, 0.3) is 94.6 Å². The van der Waals surface area contributed by atoms with Crippen LogP contribution in [0.3, 0.4) is 0 Å². The number of pyridine rings is 1. The molecular weight excluding hydrogens is 697 g/mol. The van der Waals surface area contributed by atoms with Crippen molar-refractivity contribution in [1.82, 2.24) is 29.1 Å². The van der Waals surface area contributed by atoms with Crippen LogP contribution in [0.1, 0.15) is 12.7 Å². The molecule has 6 nitrogen and oxygen atoms in total. The summed E-state index contributed by atoms with van der Waals surface area (Å²) in [6.07, 6.45) is 9.45. The molecule has 6 aromatic carbocycles. The molecule has 0 unspecified atom stereocenters. The average Bonchev–Trinajstić information content (AvgIpc) is 3.79. The molecule has 0 fully saturated rings. The fourth-order valence-electron chi connectivity index (χ4n) is 7.91. The maximum Gasteiger partial charge on any atom is 0.164 e. The Bertz CT molecular complexity index is 3210. The van der Waals surface area contributed by atoms with Crippen LogP contribution in [0.5, 0.6) is 0 Å². The second-order valence-corrected chi connectivity index (χ2v) is 13.9. The summed E-state index contributed by atoms with van der Waals surface area (Å²) in [5, 5.41) is 4.76. The number of hydrogen-bond acceptors (Lipinski definition) is 4. The molecule has 0 aliphatic rings. The van der Waals surface area contributed by atoms with Crippen LogP contribution < -0.4 is 0 Å². The molecule has 6 heteroatoms. The molecule has 0 atom stereocenters. The van der Waals surface area contributed by atoms with E-state index < -0.39 is 0 Å². The Kier molecular flexibility index (Phi) is 8.42. The van der Waals surface area contributed by atoms with Crippen molar-refractivity contribution >= 4 is 49.2 Å². The third-order valence-corrected chi connectivity index (χ3v) is 10.6. The van der Waals surface area contributed by atoms with E-state index in [0.29, 0.717) is 17.5 Å². The highest BCUT2D eigenvalue weighted by Gasteiger charge is 2.18. The number of allylic oxidation sites excluding steroid dienone is 5. The van der Waals surface area contributed by atoms with Gasteiger partial charge in [-0.2, -0.15) is 0 Å². The number of fused-ring (bicyclic) bond motifs is 6. The summed E-state index contributed by atoms with van der Waals surface area (Å²) in [7, 11) is 0. The van der Waals surface area contributed by atoms with Gasteiger partial charge in [0.15, 0.2) is 17.5 Å². The number of para-hydroxylation sites is 3. The predicted octanol–water partition coefficient (Wildman–Crippen LogP) is 12.6. The van der Waals surface area contributed by atoms with Crippen LogP contribution in [0, 0.1) is 0 Å². The molecule has 0 saturated carbocycles. The molecule has 0 aliphatic carbocycles. The molecule has 0 amide bonds. The van der Waals surface area contributed by atoms with Crippen molar-refractivity contribution < 1.29 is 0 Å². The van der Waals surface area contributed by atoms with Crippen LogP contribution in [0.4, 0.5) is 0 Å². The number of aromatic nitrogens is 6. The lowest BCUT2D eigenvalue weighted by Crippen LogP contribution is -2.03. The van der Waals surface area contributed by atoms with Crippen molar-refractivity contribution in [3.05, 3.63) is 201 Å². The van der Waals surface area contributed by atoms with Gasteiger partial charge < -0.3 is 4.57 Å². The molecule has 270 valence electrons. The molecule has 4 aromatic heterocycles. The topological polar surface area (TPSA) is 61.4 Å². The number of rotatable bonds is 8. The molecule has 10 rings (SSSR count). The predicted molar refractivity (Wildman–Crippen MR) is 236 cm³/mol. The zero-order valence-corrected chi connectivity index (χ0v) is 31.3. The Morgan fingerprint density at radius 1 is 0.509 bits per heavy atom. The monoisotopic (exact) mass is 732 g/mol. The molecule has 0 aliphatic heterocycles. The maximum atomic E-state index is 5.01. The maximum absolute atomic E-state index is 5.01. The molecule has 0 saturated heterocycles. The zero-order chi connectivity index (χ0) is 38.3. The summed E-state index contributed by atoms with van der Waals surface area (Å²) < 4.78 is 4.60. The Morgan fingerprint density at radius 3 is 1.88 bits per heavy atom. The highest BCUT2D eigenvalue weighted by Crippen LogP contribution is 2.38.